The van der Waals surface area contributed by atoms with Crippen molar-refractivity contribution in [3.05, 3.63) is 35.9 Å². The number of hydrogen-bond donors (Lipinski definition) is 0. The molecule has 1 aromatic rings. The van der Waals surface area contributed by atoms with E-state index in [1.807, 2.05) is 35.2 Å². The molecule has 1 atom stereocenters. The lowest BCUT2D eigenvalue weighted by Gasteiger charge is -2.40. The van der Waals surface area contributed by atoms with Crippen LogP contribution in [0.2, 0.25) is 0 Å². The van der Waals surface area contributed by atoms with E-state index in [0.717, 1.165) is 51.1 Å². The molecule has 0 unspecified atom stereocenters. The highest BCUT2D eigenvalue weighted by Gasteiger charge is 2.35. The topological polar surface area (TPSA) is 32.8 Å². The Morgan fingerprint density at radius 2 is 1.77 bits per heavy atom. The first kappa shape index (κ1) is 18.9. The van der Waals surface area contributed by atoms with E-state index < -0.39 is 0 Å². The average molecular weight is 354 g/mol. The van der Waals surface area contributed by atoms with Crippen LogP contribution in [0.3, 0.4) is 0 Å². The zero-order chi connectivity index (χ0) is 18.6. The van der Waals surface area contributed by atoms with Gasteiger partial charge in [0.05, 0.1) is 12.1 Å². The molecule has 2 fully saturated rings. The zero-order valence-electron chi connectivity index (χ0n) is 16.3. The number of benzene rings is 1. The number of piperazine rings is 1. The summed E-state index contributed by atoms with van der Waals surface area (Å²) in [5.41, 5.74) is 0.364. The summed E-state index contributed by atoms with van der Waals surface area (Å²) in [5.74, 6) is 6.82. The monoisotopic (exact) mass is 354 g/mol. The van der Waals surface area contributed by atoms with Crippen LogP contribution < -0.4 is 0 Å². The number of rotatable bonds is 2. The van der Waals surface area contributed by atoms with Crippen molar-refractivity contribution in [3.63, 3.8) is 0 Å². The van der Waals surface area contributed by atoms with Crippen molar-refractivity contribution >= 4 is 5.91 Å². The first-order valence-corrected chi connectivity index (χ1v) is 9.64. The van der Waals surface area contributed by atoms with Gasteiger partial charge in [-0.1, -0.05) is 30.0 Å². The molecule has 0 spiro atoms. The summed E-state index contributed by atoms with van der Waals surface area (Å²) in [7, 11) is 0. The minimum Gasteiger partial charge on any atom is -0.357 e. The van der Waals surface area contributed by atoms with Gasteiger partial charge in [-0.15, -0.1) is 0 Å². The van der Waals surface area contributed by atoms with Gasteiger partial charge in [0.1, 0.15) is 5.60 Å². The third kappa shape index (κ3) is 4.87. The first-order valence-electron chi connectivity index (χ1n) is 9.64. The van der Waals surface area contributed by atoms with Gasteiger partial charge < -0.3 is 9.64 Å². The predicted molar refractivity (Wildman–Crippen MR) is 104 cm³/mol. The third-order valence-corrected chi connectivity index (χ3v) is 5.27. The van der Waals surface area contributed by atoms with E-state index in [2.05, 4.69) is 37.5 Å². The fourth-order valence-electron chi connectivity index (χ4n) is 3.86. The molecule has 4 nitrogen and oxygen atoms in total. The molecule has 26 heavy (non-hydrogen) atoms. The molecule has 2 aliphatic heterocycles. The first-order chi connectivity index (χ1) is 12.4. The lowest BCUT2D eigenvalue weighted by Crippen LogP contribution is -2.48. The van der Waals surface area contributed by atoms with E-state index in [9.17, 15) is 4.79 Å². The van der Waals surface area contributed by atoms with Crippen molar-refractivity contribution < 1.29 is 9.53 Å². The van der Waals surface area contributed by atoms with Crippen molar-refractivity contribution in [3.8, 4) is 11.8 Å². The summed E-state index contributed by atoms with van der Waals surface area (Å²) < 4.78 is 6.20. The van der Waals surface area contributed by atoms with Gasteiger partial charge in [0.25, 0.3) is 5.91 Å². The fraction of sp³-hybridized carbons (Fsp3) is 0.591. The zero-order valence-corrected chi connectivity index (χ0v) is 16.3. The maximum atomic E-state index is 12.5. The summed E-state index contributed by atoms with van der Waals surface area (Å²) in [6.45, 7) is 10.4. The Morgan fingerprint density at radius 1 is 1.08 bits per heavy atom. The normalized spacial score (nSPS) is 26.0. The molecule has 4 heteroatoms. The highest BCUT2D eigenvalue weighted by molar-refractivity contribution is 5.94. The average Bonchev–Trinajstić information content (AvgIpc) is 2.61. The number of amides is 1. The number of carbonyl (C=O) groups excluding carboxylic acids is 1. The molecule has 0 saturated carbocycles. The molecule has 140 valence electrons. The van der Waals surface area contributed by atoms with Gasteiger partial charge in [-0.2, -0.15) is 0 Å². The van der Waals surface area contributed by atoms with Gasteiger partial charge in [-0.3, -0.25) is 9.69 Å². The van der Waals surface area contributed by atoms with Gasteiger partial charge >= 0.3 is 0 Å². The molecule has 2 heterocycles. The van der Waals surface area contributed by atoms with Gasteiger partial charge in [-0.05, 0) is 52.2 Å². The van der Waals surface area contributed by atoms with E-state index in [0.29, 0.717) is 0 Å². The van der Waals surface area contributed by atoms with Gasteiger partial charge in [0, 0.05) is 31.7 Å². The molecule has 1 aromatic carbocycles. The fourth-order valence-corrected chi connectivity index (χ4v) is 3.86. The Hall–Kier alpha value is -1.83. The van der Waals surface area contributed by atoms with Crippen LogP contribution in [-0.4, -0.2) is 59.6 Å². The standard InChI is InChI=1S/C22H30N2O2/c1-21(2)11-7-12-22(3,26-21)13-8-14-23-15-17-24(18-16-23)20(25)19-9-5-4-6-10-19/h4-6,9-10H,7,11-12,14-18H2,1-3H3/t22-/m0/s1. The highest BCUT2D eigenvalue weighted by atomic mass is 16.5. The van der Waals surface area contributed by atoms with E-state index in [1.165, 1.54) is 6.42 Å². The Bertz CT molecular complexity index is 681. The quantitative estimate of drug-likeness (QED) is 0.765. The second-order valence-corrected chi connectivity index (χ2v) is 8.18. The summed E-state index contributed by atoms with van der Waals surface area (Å²) in [6, 6.07) is 9.52. The minimum atomic E-state index is -0.327. The minimum absolute atomic E-state index is 0.0783. The Labute approximate surface area is 157 Å². The Kier molecular flexibility index (Phi) is 5.70. The molecular weight excluding hydrogens is 324 g/mol. The largest absolute Gasteiger partial charge is 0.357 e. The van der Waals surface area contributed by atoms with Crippen molar-refractivity contribution in [1.29, 1.82) is 0 Å². The second-order valence-electron chi connectivity index (χ2n) is 8.18. The lowest BCUT2D eigenvalue weighted by molar-refractivity contribution is -0.135. The van der Waals surface area contributed by atoms with Gasteiger partial charge in [-0.25, -0.2) is 0 Å². The molecular formula is C22H30N2O2. The van der Waals surface area contributed by atoms with Crippen LogP contribution in [0.4, 0.5) is 0 Å². The maximum Gasteiger partial charge on any atom is 0.253 e. The van der Waals surface area contributed by atoms with Gasteiger partial charge in [0.15, 0.2) is 0 Å². The SMILES string of the molecule is CC1(C)CCC[C@@](C)(C#CCN2CCN(C(=O)c3ccccc3)CC2)O1. The van der Waals surface area contributed by atoms with Crippen LogP contribution in [0.5, 0.6) is 0 Å². The van der Waals surface area contributed by atoms with Crippen LogP contribution in [0.25, 0.3) is 0 Å². The van der Waals surface area contributed by atoms with Crippen LogP contribution in [-0.2, 0) is 4.74 Å². The number of ether oxygens (including phenoxy) is 1. The summed E-state index contributed by atoms with van der Waals surface area (Å²) in [4.78, 5) is 16.7. The molecule has 2 saturated heterocycles. The summed E-state index contributed by atoms with van der Waals surface area (Å²) >= 11 is 0. The van der Waals surface area contributed by atoms with E-state index in [4.69, 9.17) is 4.74 Å². The molecule has 1 amide bonds. The molecule has 2 aliphatic rings. The van der Waals surface area contributed by atoms with Crippen molar-refractivity contribution in [2.45, 2.75) is 51.2 Å². The van der Waals surface area contributed by atoms with Crippen LogP contribution >= 0.6 is 0 Å². The Balaban J connectivity index is 1.48. The van der Waals surface area contributed by atoms with E-state index >= 15 is 0 Å². The van der Waals surface area contributed by atoms with Crippen molar-refractivity contribution in [2.75, 3.05) is 32.7 Å². The number of nitrogens with zero attached hydrogens (tertiary/aromatic N) is 2. The van der Waals surface area contributed by atoms with Gasteiger partial charge in [0.2, 0.25) is 0 Å². The number of carbonyl (C=O) groups is 1. The van der Waals surface area contributed by atoms with E-state index in [-0.39, 0.29) is 17.1 Å². The van der Waals surface area contributed by atoms with Crippen LogP contribution in [0.1, 0.15) is 50.4 Å². The van der Waals surface area contributed by atoms with Crippen molar-refractivity contribution in [2.24, 2.45) is 0 Å². The van der Waals surface area contributed by atoms with Crippen LogP contribution in [0.15, 0.2) is 30.3 Å². The third-order valence-electron chi connectivity index (χ3n) is 5.27. The van der Waals surface area contributed by atoms with Crippen LogP contribution in [0, 0.1) is 11.8 Å². The molecule has 0 aromatic heterocycles. The van der Waals surface area contributed by atoms with Crippen molar-refractivity contribution in [1.82, 2.24) is 9.80 Å². The summed E-state index contributed by atoms with van der Waals surface area (Å²) in [5, 5.41) is 0. The molecule has 0 bridgehead atoms. The molecule has 0 radical (unpaired) electrons. The molecule has 3 rings (SSSR count). The van der Waals surface area contributed by atoms with E-state index in [1.54, 1.807) is 0 Å². The maximum absolute atomic E-state index is 12.5. The second kappa shape index (κ2) is 7.82. The Morgan fingerprint density at radius 3 is 2.42 bits per heavy atom. The molecule has 0 N–H and O–H groups in total. The number of hydrogen-bond acceptors (Lipinski definition) is 3. The summed E-state index contributed by atoms with van der Waals surface area (Å²) in [6.07, 6.45) is 3.27. The molecule has 0 aliphatic carbocycles. The smallest absolute Gasteiger partial charge is 0.253 e. The lowest BCUT2D eigenvalue weighted by atomic mass is 9.88. The highest BCUT2D eigenvalue weighted by Crippen LogP contribution is 2.34. The predicted octanol–water partition coefficient (Wildman–Crippen LogP) is 3.19.